The molecule has 1 fully saturated rings. The number of nitrogens with two attached hydrogens (primary N) is 1. The van der Waals surface area contributed by atoms with Crippen LogP contribution in [-0.4, -0.2) is 6.61 Å². The second-order valence-corrected chi connectivity index (χ2v) is 4.43. The lowest BCUT2D eigenvalue weighted by molar-refractivity contribution is 0.247. The Hall–Kier alpha value is -1.69. The molecule has 78 valence electrons. The van der Waals surface area contributed by atoms with Crippen LogP contribution in [0.3, 0.4) is 0 Å². The van der Waals surface area contributed by atoms with Gasteiger partial charge >= 0.3 is 0 Å². The molecule has 0 aromatic heterocycles. The lowest BCUT2D eigenvalue weighted by Crippen LogP contribution is -2.09. The van der Waals surface area contributed by atoms with Crippen LogP contribution < -0.4 is 10.5 Å². The maximum Gasteiger partial charge on any atom is 0.139 e. The van der Waals surface area contributed by atoms with Crippen LogP contribution in [-0.2, 0) is 0 Å². The molecule has 0 aliphatic heterocycles. The average molecular weight is 202 g/mol. The van der Waals surface area contributed by atoms with E-state index in [-0.39, 0.29) is 0 Å². The van der Waals surface area contributed by atoms with Gasteiger partial charge in [-0.3, -0.25) is 0 Å². The fourth-order valence-corrected chi connectivity index (χ4v) is 1.40. The van der Waals surface area contributed by atoms with Gasteiger partial charge in [-0.1, -0.05) is 13.0 Å². The summed E-state index contributed by atoms with van der Waals surface area (Å²) >= 11 is 0. The van der Waals surface area contributed by atoms with Crippen molar-refractivity contribution in [3.63, 3.8) is 0 Å². The predicted molar refractivity (Wildman–Crippen MR) is 58.4 cm³/mol. The van der Waals surface area contributed by atoms with E-state index >= 15 is 0 Å². The Kier molecular flexibility index (Phi) is 2.28. The van der Waals surface area contributed by atoms with Crippen molar-refractivity contribution in [2.45, 2.75) is 19.8 Å². The Labute approximate surface area is 89.5 Å². The average Bonchev–Trinajstić information content (AvgIpc) is 2.94. The first kappa shape index (κ1) is 9.85. The minimum Gasteiger partial charge on any atom is -0.492 e. The Balaban J connectivity index is 2.14. The van der Waals surface area contributed by atoms with Crippen molar-refractivity contribution < 1.29 is 4.74 Å². The number of nitrogens with zero attached hydrogens (tertiary/aromatic N) is 1. The topological polar surface area (TPSA) is 59.0 Å². The van der Waals surface area contributed by atoms with Crippen LogP contribution in [0.25, 0.3) is 0 Å². The van der Waals surface area contributed by atoms with Crippen molar-refractivity contribution in [3.05, 3.63) is 23.8 Å². The van der Waals surface area contributed by atoms with Gasteiger partial charge in [0.2, 0.25) is 0 Å². The van der Waals surface area contributed by atoms with E-state index in [4.69, 9.17) is 15.7 Å². The number of rotatable bonds is 3. The van der Waals surface area contributed by atoms with Gasteiger partial charge in [0, 0.05) is 5.41 Å². The minimum atomic E-state index is 0.317. The van der Waals surface area contributed by atoms with E-state index in [0.717, 1.165) is 0 Å². The van der Waals surface area contributed by atoms with Crippen LogP contribution in [0.15, 0.2) is 18.2 Å². The van der Waals surface area contributed by atoms with Crippen LogP contribution >= 0.6 is 0 Å². The second-order valence-electron chi connectivity index (χ2n) is 4.43. The third-order valence-electron chi connectivity index (χ3n) is 2.85. The van der Waals surface area contributed by atoms with E-state index in [2.05, 4.69) is 13.0 Å². The lowest BCUT2D eigenvalue weighted by Gasteiger charge is -2.12. The Morgan fingerprint density at radius 3 is 2.87 bits per heavy atom. The molecule has 1 saturated carbocycles. The van der Waals surface area contributed by atoms with Gasteiger partial charge < -0.3 is 10.5 Å². The Bertz CT molecular complexity index is 416. The summed E-state index contributed by atoms with van der Waals surface area (Å²) in [5.74, 6) is 0.602. The maximum atomic E-state index is 8.93. The van der Waals surface area contributed by atoms with Gasteiger partial charge in [-0.15, -0.1) is 0 Å². The standard InChI is InChI=1S/C12H14N2O/c1-12(5-6-12)8-15-11-4-2-3-10(14)9(11)7-13/h2-4H,5-6,8,14H2,1H3. The zero-order valence-corrected chi connectivity index (χ0v) is 8.79. The van der Waals surface area contributed by atoms with E-state index in [9.17, 15) is 0 Å². The van der Waals surface area contributed by atoms with Crippen molar-refractivity contribution in [2.75, 3.05) is 12.3 Å². The molecule has 0 bridgehead atoms. The van der Waals surface area contributed by atoms with Gasteiger partial charge in [0.1, 0.15) is 17.4 Å². The summed E-state index contributed by atoms with van der Waals surface area (Å²) in [4.78, 5) is 0. The quantitative estimate of drug-likeness (QED) is 0.765. The number of anilines is 1. The third-order valence-corrected chi connectivity index (χ3v) is 2.85. The van der Waals surface area contributed by atoms with Crippen LogP contribution in [0.2, 0.25) is 0 Å². The van der Waals surface area contributed by atoms with Crippen molar-refractivity contribution in [1.29, 1.82) is 5.26 Å². The summed E-state index contributed by atoms with van der Waals surface area (Å²) in [6, 6.07) is 7.38. The summed E-state index contributed by atoms with van der Waals surface area (Å²) in [5, 5.41) is 8.93. The zero-order valence-electron chi connectivity index (χ0n) is 8.79. The molecule has 0 radical (unpaired) electrons. The molecule has 15 heavy (non-hydrogen) atoms. The van der Waals surface area contributed by atoms with Gasteiger partial charge in [-0.25, -0.2) is 0 Å². The molecular weight excluding hydrogens is 188 g/mol. The summed E-state index contributed by atoms with van der Waals surface area (Å²) in [5.41, 5.74) is 6.93. The second kappa shape index (κ2) is 3.47. The molecule has 3 nitrogen and oxygen atoms in total. The Morgan fingerprint density at radius 2 is 2.27 bits per heavy atom. The molecule has 3 heteroatoms. The van der Waals surface area contributed by atoms with Crippen molar-refractivity contribution in [1.82, 2.24) is 0 Å². The van der Waals surface area contributed by atoms with Gasteiger partial charge in [0.05, 0.1) is 12.3 Å². The van der Waals surface area contributed by atoms with Gasteiger partial charge in [-0.2, -0.15) is 5.26 Å². The van der Waals surface area contributed by atoms with Gasteiger partial charge in [-0.05, 0) is 25.0 Å². The smallest absolute Gasteiger partial charge is 0.139 e. The number of hydrogen-bond acceptors (Lipinski definition) is 3. The largest absolute Gasteiger partial charge is 0.492 e. The molecule has 0 amide bonds. The van der Waals surface area contributed by atoms with Gasteiger partial charge in [0.15, 0.2) is 0 Å². The minimum absolute atomic E-state index is 0.317. The molecule has 0 saturated heterocycles. The highest BCUT2D eigenvalue weighted by molar-refractivity contribution is 5.60. The van der Waals surface area contributed by atoms with Gasteiger partial charge in [0.25, 0.3) is 0 Å². The molecule has 1 aromatic rings. The molecule has 1 aliphatic carbocycles. The number of benzene rings is 1. The first-order valence-electron chi connectivity index (χ1n) is 5.06. The van der Waals surface area contributed by atoms with Crippen LogP contribution in [0.4, 0.5) is 5.69 Å². The Morgan fingerprint density at radius 1 is 1.53 bits per heavy atom. The molecular formula is C12H14N2O. The maximum absolute atomic E-state index is 8.93. The molecule has 2 N–H and O–H groups in total. The molecule has 0 atom stereocenters. The highest BCUT2D eigenvalue weighted by Gasteiger charge is 2.38. The third kappa shape index (κ3) is 2.04. The number of hydrogen-bond donors (Lipinski definition) is 1. The van der Waals surface area contributed by atoms with Crippen LogP contribution in [0, 0.1) is 16.7 Å². The summed E-state index contributed by atoms with van der Waals surface area (Å²) in [6.07, 6.45) is 2.41. The van der Waals surface area contributed by atoms with Crippen molar-refractivity contribution in [2.24, 2.45) is 5.41 Å². The van der Waals surface area contributed by atoms with E-state index in [0.29, 0.717) is 29.0 Å². The molecule has 0 unspecified atom stereocenters. The monoisotopic (exact) mass is 202 g/mol. The van der Waals surface area contributed by atoms with Crippen molar-refractivity contribution in [3.8, 4) is 11.8 Å². The van der Waals surface area contributed by atoms with E-state index < -0.39 is 0 Å². The highest BCUT2D eigenvalue weighted by Crippen LogP contribution is 2.45. The van der Waals surface area contributed by atoms with Crippen LogP contribution in [0.5, 0.6) is 5.75 Å². The fourth-order valence-electron chi connectivity index (χ4n) is 1.40. The first-order chi connectivity index (χ1) is 7.14. The SMILES string of the molecule is CC1(COc2cccc(N)c2C#N)CC1. The summed E-state index contributed by atoms with van der Waals surface area (Å²) < 4.78 is 5.63. The molecule has 1 aliphatic rings. The zero-order chi connectivity index (χ0) is 10.9. The van der Waals surface area contributed by atoms with E-state index in [1.165, 1.54) is 12.8 Å². The molecule has 0 spiro atoms. The summed E-state index contributed by atoms with van der Waals surface area (Å²) in [7, 11) is 0. The lowest BCUT2D eigenvalue weighted by atomic mass is 10.1. The highest BCUT2D eigenvalue weighted by atomic mass is 16.5. The number of nitrogen functional groups attached to an aromatic ring is 1. The summed E-state index contributed by atoms with van der Waals surface area (Å²) in [6.45, 7) is 2.86. The fraction of sp³-hybridized carbons (Fsp3) is 0.417. The number of ether oxygens (including phenoxy) is 1. The molecule has 1 aromatic carbocycles. The van der Waals surface area contributed by atoms with Crippen LogP contribution in [0.1, 0.15) is 25.3 Å². The molecule has 2 rings (SSSR count). The predicted octanol–water partition coefficient (Wildman–Crippen LogP) is 2.32. The first-order valence-corrected chi connectivity index (χ1v) is 5.06. The van der Waals surface area contributed by atoms with E-state index in [1.54, 1.807) is 18.2 Å². The number of nitriles is 1. The molecule has 0 heterocycles. The normalized spacial score (nSPS) is 16.8. The van der Waals surface area contributed by atoms with E-state index in [1.807, 2.05) is 0 Å². The van der Waals surface area contributed by atoms with Crippen molar-refractivity contribution >= 4 is 5.69 Å².